The van der Waals surface area contributed by atoms with Gasteiger partial charge in [0.2, 0.25) is 5.91 Å². The van der Waals surface area contributed by atoms with Crippen LogP contribution in [-0.4, -0.2) is 37.5 Å². The van der Waals surface area contributed by atoms with Gasteiger partial charge in [0.1, 0.15) is 0 Å². The quantitative estimate of drug-likeness (QED) is 0.751. The van der Waals surface area contributed by atoms with Gasteiger partial charge in [0, 0.05) is 26.1 Å². The van der Waals surface area contributed by atoms with Crippen LogP contribution in [0.2, 0.25) is 0 Å². The molecule has 1 saturated carbocycles. The molecule has 88 valence electrons. The van der Waals surface area contributed by atoms with Crippen molar-refractivity contribution >= 4 is 5.91 Å². The molecule has 0 unspecified atom stereocenters. The molecule has 0 aliphatic heterocycles. The summed E-state index contributed by atoms with van der Waals surface area (Å²) >= 11 is 0. The predicted octanol–water partition coefficient (Wildman–Crippen LogP) is 1.63. The van der Waals surface area contributed by atoms with E-state index in [4.69, 9.17) is 0 Å². The Bertz CT molecular complexity index is 200. The molecule has 0 aromatic rings. The summed E-state index contributed by atoms with van der Waals surface area (Å²) in [4.78, 5) is 13.6. The molecule has 1 atom stereocenters. The lowest BCUT2D eigenvalue weighted by molar-refractivity contribution is -0.121. The van der Waals surface area contributed by atoms with Gasteiger partial charge in [-0.2, -0.15) is 0 Å². The first-order chi connectivity index (χ1) is 7.13. The van der Waals surface area contributed by atoms with Gasteiger partial charge in [0.05, 0.1) is 0 Å². The summed E-state index contributed by atoms with van der Waals surface area (Å²) in [6.07, 6.45) is 6.14. The molecule has 1 rings (SSSR count). The van der Waals surface area contributed by atoms with Gasteiger partial charge in [-0.3, -0.25) is 4.79 Å². The second-order valence-electron chi connectivity index (χ2n) is 4.82. The third-order valence-corrected chi connectivity index (χ3v) is 3.53. The smallest absolute Gasteiger partial charge is 0.221 e. The van der Waals surface area contributed by atoms with Crippen LogP contribution in [0.5, 0.6) is 0 Å². The molecular formula is C12H24N2O. The molecule has 1 N–H and O–H groups in total. The first-order valence-corrected chi connectivity index (χ1v) is 6.04. The Hall–Kier alpha value is -0.570. The lowest BCUT2D eigenvalue weighted by Gasteiger charge is -2.26. The number of hydrogen-bond acceptors (Lipinski definition) is 2. The van der Waals surface area contributed by atoms with E-state index in [1.165, 1.54) is 25.7 Å². The van der Waals surface area contributed by atoms with Crippen LogP contribution in [0.1, 0.15) is 39.0 Å². The number of amides is 1. The molecule has 3 heteroatoms. The fourth-order valence-corrected chi connectivity index (χ4v) is 2.31. The van der Waals surface area contributed by atoms with Crippen molar-refractivity contribution in [2.45, 2.75) is 45.1 Å². The highest BCUT2D eigenvalue weighted by Crippen LogP contribution is 2.25. The Balaban J connectivity index is 2.25. The first kappa shape index (κ1) is 12.5. The van der Waals surface area contributed by atoms with Gasteiger partial charge in [-0.05, 0) is 32.7 Å². The molecule has 0 aromatic heterocycles. The predicted molar refractivity (Wildman–Crippen MR) is 62.7 cm³/mol. The fourth-order valence-electron chi connectivity index (χ4n) is 2.31. The van der Waals surface area contributed by atoms with Crippen LogP contribution in [0.4, 0.5) is 0 Å². The molecule has 1 amide bonds. The molecule has 0 spiro atoms. The van der Waals surface area contributed by atoms with E-state index in [0.29, 0.717) is 12.5 Å². The van der Waals surface area contributed by atoms with E-state index in [9.17, 15) is 4.79 Å². The third kappa shape index (κ3) is 4.20. The van der Waals surface area contributed by atoms with Crippen molar-refractivity contribution in [1.82, 2.24) is 10.2 Å². The molecule has 1 fully saturated rings. The van der Waals surface area contributed by atoms with Gasteiger partial charge in [0.25, 0.3) is 0 Å². The van der Waals surface area contributed by atoms with Gasteiger partial charge in [0.15, 0.2) is 0 Å². The fraction of sp³-hybridized carbons (Fsp3) is 0.917. The normalized spacial score (nSPS) is 19.5. The molecular weight excluding hydrogens is 188 g/mol. The molecule has 0 bridgehead atoms. The Morgan fingerprint density at radius 1 is 1.47 bits per heavy atom. The molecule has 3 nitrogen and oxygen atoms in total. The van der Waals surface area contributed by atoms with E-state index in [2.05, 4.69) is 24.2 Å². The molecule has 0 saturated heterocycles. The minimum absolute atomic E-state index is 0.140. The number of carbonyl (C=O) groups excluding carboxylic acids is 1. The van der Waals surface area contributed by atoms with Gasteiger partial charge in [-0.1, -0.05) is 12.8 Å². The summed E-state index contributed by atoms with van der Waals surface area (Å²) in [6, 6.07) is 0.352. The van der Waals surface area contributed by atoms with E-state index >= 15 is 0 Å². The lowest BCUT2D eigenvalue weighted by atomic mass is 10.1. The zero-order valence-corrected chi connectivity index (χ0v) is 10.3. The molecule has 0 heterocycles. The second-order valence-corrected chi connectivity index (χ2v) is 4.82. The van der Waals surface area contributed by atoms with Crippen LogP contribution in [-0.2, 0) is 4.79 Å². The number of rotatable bonds is 5. The molecule has 0 radical (unpaired) electrons. The van der Waals surface area contributed by atoms with Crippen molar-refractivity contribution in [3.63, 3.8) is 0 Å². The van der Waals surface area contributed by atoms with Crippen molar-refractivity contribution in [2.75, 3.05) is 20.6 Å². The number of hydrogen-bond donors (Lipinski definition) is 1. The van der Waals surface area contributed by atoms with Gasteiger partial charge in [-0.25, -0.2) is 0 Å². The monoisotopic (exact) mass is 212 g/mol. The summed E-state index contributed by atoms with van der Waals surface area (Å²) in [7, 11) is 3.83. The van der Waals surface area contributed by atoms with E-state index < -0.39 is 0 Å². The van der Waals surface area contributed by atoms with E-state index in [0.717, 1.165) is 12.5 Å². The third-order valence-electron chi connectivity index (χ3n) is 3.53. The van der Waals surface area contributed by atoms with Crippen LogP contribution >= 0.6 is 0 Å². The Morgan fingerprint density at radius 2 is 2.07 bits per heavy atom. The highest BCUT2D eigenvalue weighted by Gasteiger charge is 2.20. The number of carbonyl (C=O) groups is 1. The highest BCUT2D eigenvalue weighted by molar-refractivity contribution is 5.76. The van der Waals surface area contributed by atoms with Gasteiger partial charge in [-0.15, -0.1) is 0 Å². The lowest BCUT2D eigenvalue weighted by Crippen LogP contribution is -2.36. The summed E-state index contributed by atoms with van der Waals surface area (Å²) in [5.74, 6) is 1.00. The van der Waals surface area contributed by atoms with E-state index in [1.54, 1.807) is 7.05 Å². The largest absolute Gasteiger partial charge is 0.359 e. The molecule has 0 aromatic carbocycles. The van der Waals surface area contributed by atoms with Crippen LogP contribution in [0, 0.1) is 5.92 Å². The highest BCUT2D eigenvalue weighted by atomic mass is 16.1. The minimum atomic E-state index is 0.140. The molecule has 15 heavy (non-hydrogen) atoms. The Morgan fingerprint density at radius 3 is 2.60 bits per heavy atom. The topological polar surface area (TPSA) is 32.3 Å². The first-order valence-electron chi connectivity index (χ1n) is 6.04. The van der Waals surface area contributed by atoms with Gasteiger partial charge < -0.3 is 10.2 Å². The Kier molecular flexibility index (Phi) is 5.09. The van der Waals surface area contributed by atoms with Crippen molar-refractivity contribution in [2.24, 2.45) is 5.92 Å². The maximum Gasteiger partial charge on any atom is 0.221 e. The summed E-state index contributed by atoms with van der Waals surface area (Å²) in [5.41, 5.74) is 0. The molecule has 1 aliphatic carbocycles. The van der Waals surface area contributed by atoms with Crippen molar-refractivity contribution in [1.29, 1.82) is 0 Å². The summed E-state index contributed by atoms with van der Waals surface area (Å²) < 4.78 is 0. The zero-order chi connectivity index (χ0) is 11.3. The number of nitrogens with one attached hydrogen (secondary N) is 1. The average Bonchev–Trinajstić information content (AvgIpc) is 2.70. The SMILES string of the molecule is CNC(=O)C[C@H](C)N(C)CC1CCCC1. The Labute approximate surface area is 93.2 Å². The van der Waals surface area contributed by atoms with Crippen molar-refractivity contribution in [3.05, 3.63) is 0 Å². The van der Waals surface area contributed by atoms with E-state index in [-0.39, 0.29) is 5.91 Å². The maximum atomic E-state index is 11.2. The van der Waals surface area contributed by atoms with Crippen LogP contribution in [0.15, 0.2) is 0 Å². The summed E-state index contributed by atoms with van der Waals surface area (Å²) in [5, 5.41) is 2.68. The van der Waals surface area contributed by atoms with Crippen molar-refractivity contribution < 1.29 is 4.79 Å². The van der Waals surface area contributed by atoms with Crippen LogP contribution in [0.25, 0.3) is 0 Å². The van der Waals surface area contributed by atoms with Gasteiger partial charge >= 0.3 is 0 Å². The molecule has 1 aliphatic rings. The van der Waals surface area contributed by atoms with Crippen LogP contribution in [0.3, 0.4) is 0 Å². The zero-order valence-electron chi connectivity index (χ0n) is 10.3. The minimum Gasteiger partial charge on any atom is -0.359 e. The average molecular weight is 212 g/mol. The number of nitrogens with zero attached hydrogens (tertiary/aromatic N) is 1. The standard InChI is InChI=1S/C12H24N2O/c1-10(8-12(15)13-2)14(3)9-11-6-4-5-7-11/h10-11H,4-9H2,1-3H3,(H,13,15)/t10-/m0/s1. The van der Waals surface area contributed by atoms with Crippen LogP contribution < -0.4 is 5.32 Å². The maximum absolute atomic E-state index is 11.2. The van der Waals surface area contributed by atoms with E-state index in [1.807, 2.05) is 0 Å². The second kappa shape index (κ2) is 6.11. The summed E-state index contributed by atoms with van der Waals surface area (Å²) in [6.45, 7) is 3.28. The van der Waals surface area contributed by atoms with Crippen molar-refractivity contribution in [3.8, 4) is 0 Å².